The van der Waals surface area contributed by atoms with Crippen molar-refractivity contribution < 1.29 is 4.79 Å². The number of nitrogens with zero attached hydrogens (tertiary/aromatic N) is 3. The lowest BCUT2D eigenvalue weighted by atomic mass is 10.2. The molecular formula is C16H15N3OS2. The third kappa shape index (κ3) is 3.45. The zero-order valence-electron chi connectivity index (χ0n) is 12.0. The molecule has 1 aliphatic heterocycles. The third-order valence-electron chi connectivity index (χ3n) is 3.18. The highest BCUT2D eigenvalue weighted by Gasteiger charge is 2.35. The van der Waals surface area contributed by atoms with Crippen molar-refractivity contribution in [1.82, 2.24) is 4.90 Å². The van der Waals surface area contributed by atoms with Crippen molar-refractivity contribution >= 4 is 40.4 Å². The Balaban J connectivity index is 1.77. The lowest BCUT2D eigenvalue weighted by Crippen LogP contribution is -2.30. The molecule has 1 amide bonds. The summed E-state index contributed by atoms with van der Waals surface area (Å²) in [5.74, 6) is 0.0823. The molecule has 2 heterocycles. The van der Waals surface area contributed by atoms with Crippen LogP contribution in [0.2, 0.25) is 0 Å². The van der Waals surface area contributed by atoms with E-state index in [1.807, 2.05) is 54.8 Å². The predicted octanol–water partition coefficient (Wildman–Crippen LogP) is 3.60. The average molecular weight is 329 g/mol. The minimum absolute atomic E-state index is 0.0823. The normalized spacial score (nSPS) is 20.4. The van der Waals surface area contributed by atoms with Gasteiger partial charge in [0.2, 0.25) is 5.91 Å². The smallest absolute Gasteiger partial charge is 0.242 e. The van der Waals surface area contributed by atoms with Gasteiger partial charge in [-0.05, 0) is 23.9 Å². The summed E-state index contributed by atoms with van der Waals surface area (Å²) >= 11 is 3.06. The van der Waals surface area contributed by atoms with Crippen LogP contribution in [-0.4, -0.2) is 27.4 Å². The van der Waals surface area contributed by atoms with E-state index in [1.54, 1.807) is 22.5 Å². The van der Waals surface area contributed by atoms with E-state index in [2.05, 4.69) is 10.2 Å². The highest BCUT2D eigenvalue weighted by atomic mass is 32.2. The zero-order valence-corrected chi connectivity index (χ0v) is 13.7. The maximum Gasteiger partial charge on any atom is 0.242 e. The molecule has 0 N–H and O–H groups in total. The summed E-state index contributed by atoms with van der Waals surface area (Å²) in [4.78, 5) is 15.0. The Bertz CT molecular complexity index is 695. The highest BCUT2D eigenvalue weighted by Crippen LogP contribution is 2.28. The predicted molar refractivity (Wildman–Crippen MR) is 93.4 cm³/mol. The lowest BCUT2D eigenvalue weighted by molar-refractivity contribution is -0.126. The number of amidine groups is 1. The van der Waals surface area contributed by atoms with Crippen molar-refractivity contribution in [2.45, 2.75) is 18.7 Å². The van der Waals surface area contributed by atoms with E-state index < -0.39 is 0 Å². The van der Waals surface area contributed by atoms with Gasteiger partial charge in [0.1, 0.15) is 0 Å². The van der Waals surface area contributed by atoms with E-state index in [1.165, 1.54) is 11.8 Å². The van der Waals surface area contributed by atoms with Crippen LogP contribution in [0.25, 0.3) is 0 Å². The summed E-state index contributed by atoms with van der Waals surface area (Å²) in [6.45, 7) is 2.43. The molecule has 0 aliphatic carbocycles. The van der Waals surface area contributed by atoms with Crippen molar-refractivity contribution in [1.29, 1.82) is 0 Å². The van der Waals surface area contributed by atoms with Crippen LogP contribution in [-0.2, 0) is 11.3 Å². The van der Waals surface area contributed by atoms with E-state index >= 15 is 0 Å². The Hall–Kier alpha value is -1.92. The average Bonchev–Trinajstić information content (AvgIpc) is 3.13. The first-order valence-electron chi connectivity index (χ1n) is 6.90. The Morgan fingerprint density at radius 2 is 2.05 bits per heavy atom. The van der Waals surface area contributed by atoms with Crippen LogP contribution in [0.4, 0.5) is 0 Å². The number of carbonyl (C=O) groups excluding carboxylic acids is 1. The summed E-state index contributed by atoms with van der Waals surface area (Å²) in [5.41, 5.74) is 1.08. The maximum atomic E-state index is 12.3. The van der Waals surface area contributed by atoms with Crippen LogP contribution in [0.5, 0.6) is 0 Å². The zero-order chi connectivity index (χ0) is 15.4. The van der Waals surface area contributed by atoms with Gasteiger partial charge in [-0.15, -0.1) is 16.4 Å². The van der Waals surface area contributed by atoms with Crippen molar-refractivity contribution in [3.05, 3.63) is 58.3 Å². The van der Waals surface area contributed by atoms with Crippen molar-refractivity contribution in [2.24, 2.45) is 10.2 Å². The molecule has 1 saturated heterocycles. The first-order chi connectivity index (χ1) is 10.7. The summed E-state index contributed by atoms with van der Waals surface area (Å²) in [7, 11) is 0. The Morgan fingerprint density at radius 3 is 2.77 bits per heavy atom. The molecule has 2 aromatic rings. The van der Waals surface area contributed by atoms with Crippen LogP contribution < -0.4 is 0 Å². The first kappa shape index (κ1) is 15.0. The fourth-order valence-electron chi connectivity index (χ4n) is 2.07. The second-order valence-corrected chi connectivity index (χ2v) is 7.10. The van der Waals surface area contributed by atoms with Gasteiger partial charge in [-0.25, -0.2) is 0 Å². The molecule has 0 saturated carbocycles. The summed E-state index contributed by atoms with van der Waals surface area (Å²) in [5, 5.41) is 10.9. The van der Waals surface area contributed by atoms with Crippen molar-refractivity contribution in [3.63, 3.8) is 0 Å². The SMILES string of the molecule is C[C@@H]1S/C(=N\N=C/c2cccs2)N(Cc2ccccc2)C1=O. The lowest BCUT2D eigenvalue weighted by Gasteiger charge is -2.15. The monoisotopic (exact) mass is 329 g/mol. The number of thiophene rings is 1. The van der Waals surface area contributed by atoms with Gasteiger partial charge in [0.25, 0.3) is 0 Å². The standard InChI is InChI=1S/C16H15N3OS2/c1-12-15(20)19(11-13-6-3-2-4-7-13)16(22-12)18-17-10-14-8-5-9-21-14/h2-10,12H,11H2,1H3/b17-10-,18-16-/t12-/m0/s1. The maximum absolute atomic E-state index is 12.3. The van der Waals surface area contributed by atoms with Crippen LogP contribution in [0.15, 0.2) is 58.0 Å². The number of hydrogen-bond donors (Lipinski definition) is 0. The summed E-state index contributed by atoms with van der Waals surface area (Å²) in [6.07, 6.45) is 1.71. The van der Waals surface area contributed by atoms with E-state index in [4.69, 9.17) is 0 Å². The molecule has 22 heavy (non-hydrogen) atoms. The molecule has 0 radical (unpaired) electrons. The molecule has 0 unspecified atom stereocenters. The van der Waals surface area contributed by atoms with Gasteiger partial charge in [-0.2, -0.15) is 5.10 Å². The quantitative estimate of drug-likeness (QED) is 0.635. The van der Waals surface area contributed by atoms with Crippen molar-refractivity contribution in [3.8, 4) is 0 Å². The molecule has 0 bridgehead atoms. The molecular weight excluding hydrogens is 314 g/mol. The second-order valence-electron chi connectivity index (χ2n) is 4.81. The minimum Gasteiger partial charge on any atom is -0.284 e. The van der Waals surface area contributed by atoms with Crippen LogP contribution in [0, 0.1) is 0 Å². The van der Waals surface area contributed by atoms with Gasteiger partial charge >= 0.3 is 0 Å². The molecule has 4 nitrogen and oxygen atoms in total. The molecule has 1 aliphatic rings. The van der Waals surface area contributed by atoms with Gasteiger partial charge in [0, 0.05) is 4.88 Å². The van der Waals surface area contributed by atoms with Crippen LogP contribution >= 0.6 is 23.1 Å². The molecule has 1 aromatic heterocycles. The number of thioether (sulfide) groups is 1. The van der Waals surface area contributed by atoms with Crippen molar-refractivity contribution in [2.75, 3.05) is 0 Å². The van der Waals surface area contributed by atoms with Gasteiger partial charge in [0.05, 0.1) is 18.0 Å². The van der Waals surface area contributed by atoms with E-state index in [0.29, 0.717) is 11.7 Å². The Kier molecular flexibility index (Phi) is 4.70. The van der Waals surface area contributed by atoms with Gasteiger partial charge in [-0.1, -0.05) is 48.2 Å². The first-order valence-corrected chi connectivity index (χ1v) is 8.66. The summed E-state index contributed by atoms with van der Waals surface area (Å²) < 4.78 is 0. The van der Waals surface area contributed by atoms with E-state index in [-0.39, 0.29) is 11.2 Å². The molecule has 1 aromatic carbocycles. The Labute approximate surface area is 137 Å². The fourth-order valence-corrected chi connectivity index (χ4v) is 3.57. The number of carbonyl (C=O) groups is 1. The number of rotatable bonds is 4. The number of hydrogen-bond acceptors (Lipinski definition) is 5. The fraction of sp³-hybridized carbons (Fsp3) is 0.188. The molecule has 0 spiro atoms. The molecule has 3 rings (SSSR count). The number of amides is 1. The number of benzene rings is 1. The minimum atomic E-state index is -0.112. The second kappa shape index (κ2) is 6.89. The highest BCUT2D eigenvalue weighted by molar-refractivity contribution is 8.15. The molecule has 6 heteroatoms. The van der Waals surface area contributed by atoms with Crippen LogP contribution in [0.1, 0.15) is 17.4 Å². The van der Waals surface area contributed by atoms with Gasteiger partial charge in [-0.3, -0.25) is 9.69 Å². The Morgan fingerprint density at radius 1 is 1.23 bits per heavy atom. The summed E-state index contributed by atoms with van der Waals surface area (Å²) in [6, 6.07) is 13.9. The topological polar surface area (TPSA) is 45.0 Å². The molecule has 1 atom stereocenters. The van der Waals surface area contributed by atoms with Gasteiger partial charge in [0.15, 0.2) is 5.17 Å². The molecule has 1 fully saturated rings. The largest absolute Gasteiger partial charge is 0.284 e. The van der Waals surface area contributed by atoms with Crippen LogP contribution in [0.3, 0.4) is 0 Å². The van der Waals surface area contributed by atoms with E-state index in [9.17, 15) is 4.79 Å². The molecule has 112 valence electrons. The van der Waals surface area contributed by atoms with Gasteiger partial charge < -0.3 is 0 Å². The van der Waals surface area contributed by atoms with E-state index in [0.717, 1.165) is 10.4 Å². The third-order valence-corrected chi connectivity index (χ3v) is 5.06.